The number of aromatic nitrogens is 3. The summed E-state index contributed by atoms with van der Waals surface area (Å²) in [4.78, 5) is 20.8. The van der Waals surface area contributed by atoms with Crippen LogP contribution in [0.2, 0.25) is 0 Å². The van der Waals surface area contributed by atoms with Gasteiger partial charge in [0.1, 0.15) is 24.1 Å². The Balaban J connectivity index is 1.74. The highest BCUT2D eigenvalue weighted by Gasteiger charge is 2.50. The van der Waals surface area contributed by atoms with Crippen LogP contribution in [0.5, 0.6) is 0 Å². The van der Waals surface area contributed by atoms with E-state index in [1.165, 1.54) is 23.1 Å². The molecular formula is C18H14F3N5O2. The Labute approximate surface area is 156 Å². The standard InChI is InChI=1S/C18H14F3N5O2/c1-9-6-12(14-11(7-22)4-5-28-14)24-16-13(23-8-26(9)16)17(27)25-15(10-2-3-10)18(19,20)21/h4-6,8,10,15H,2-3H2,1H3,(H,25,27). The van der Waals surface area contributed by atoms with Crippen molar-refractivity contribution in [1.29, 1.82) is 5.26 Å². The van der Waals surface area contributed by atoms with Gasteiger partial charge < -0.3 is 9.73 Å². The first-order valence-electron chi connectivity index (χ1n) is 8.50. The molecule has 0 bridgehead atoms. The molecule has 1 saturated carbocycles. The molecule has 28 heavy (non-hydrogen) atoms. The number of nitrogens with zero attached hydrogens (tertiary/aromatic N) is 4. The van der Waals surface area contributed by atoms with Gasteiger partial charge in [-0.25, -0.2) is 9.97 Å². The molecule has 3 aromatic heterocycles. The van der Waals surface area contributed by atoms with E-state index >= 15 is 0 Å². The number of alkyl halides is 3. The average molecular weight is 389 g/mol. The molecule has 4 rings (SSSR count). The number of fused-ring (bicyclic) bond motifs is 1. The smallest absolute Gasteiger partial charge is 0.408 e. The van der Waals surface area contributed by atoms with Crippen LogP contribution in [0.3, 0.4) is 0 Å². The second-order valence-corrected chi connectivity index (χ2v) is 6.67. The van der Waals surface area contributed by atoms with Gasteiger partial charge in [0.15, 0.2) is 17.1 Å². The van der Waals surface area contributed by atoms with E-state index in [-0.39, 0.29) is 28.4 Å². The third-order valence-corrected chi connectivity index (χ3v) is 4.66. The average Bonchev–Trinajstić information content (AvgIpc) is 3.18. The van der Waals surface area contributed by atoms with Gasteiger partial charge in [0, 0.05) is 5.69 Å². The van der Waals surface area contributed by atoms with Crippen LogP contribution in [0.4, 0.5) is 13.2 Å². The highest BCUT2D eigenvalue weighted by Crippen LogP contribution is 2.40. The number of furan rings is 1. The van der Waals surface area contributed by atoms with Gasteiger partial charge in [-0.05, 0) is 37.8 Å². The molecule has 3 heterocycles. The first-order valence-corrected chi connectivity index (χ1v) is 8.50. The van der Waals surface area contributed by atoms with Crippen molar-refractivity contribution in [2.75, 3.05) is 0 Å². The van der Waals surface area contributed by atoms with E-state index < -0.39 is 24.0 Å². The Kier molecular flexibility index (Phi) is 4.10. The van der Waals surface area contributed by atoms with E-state index in [1.54, 1.807) is 13.0 Å². The normalized spacial score (nSPS) is 15.4. The van der Waals surface area contributed by atoms with Crippen LogP contribution in [0.1, 0.15) is 34.6 Å². The number of halogens is 3. The number of rotatable bonds is 4. The molecule has 1 aliphatic rings. The maximum Gasteiger partial charge on any atom is 0.408 e. The Bertz CT molecular complexity index is 1100. The Morgan fingerprint density at radius 3 is 2.86 bits per heavy atom. The molecule has 1 amide bonds. The summed E-state index contributed by atoms with van der Waals surface area (Å²) in [6.45, 7) is 1.72. The highest BCUT2D eigenvalue weighted by atomic mass is 19.4. The Morgan fingerprint density at radius 1 is 1.46 bits per heavy atom. The Morgan fingerprint density at radius 2 is 2.21 bits per heavy atom. The predicted octanol–water partition coefficient (Wildman–Crippen LogP) is 3.24. The summed E-state index contributed by atoms with van der Waals surface area (Å²) >= 11 is 0. The van der Waals surface area contributed by atoms with E-state index in [4.69, 9.17) is 9.68 Å². The fraction of sp³-hybridized carbons (Fsp3) is 0.333. The van der Waals surface area contributed by atoms with E-state index in [0.717, 1.165) is 0 Å². The first kappa shape index (κ1) is 18.0. The van der Waals surface area contributed by atoms with Crippen molar-refractivity contribution in [3.63, 3.8) is 0 Å². The van der Waals surface area contributed by atoms with Crippen molar-refractivity contribution in [2.24, 2.45) is 5.92 Å². The van der Waals surface area contributed by atoms with Crippen molar-refractivity contribution in [3.8, 4) is 17.5 Å². The molecule has 0 radical (unpaired) electrons. The summed E-state index contributed by atoms with van der Waals surface area (Å²) in [5, 5.41) is 11.2. The molecule has 0 aromatic carbocycles. The molecule has 0 saturated heterocycles. The number of hydrogen-bond acceptors (Lipinski definition) is 5. The minimum atomic E-state index is -4.53. The summed E-state index contributed by atoms with van der Waals surface area (Å²) in [6, 6.07) is 3.18. The number of imidazole rings is 1. The number of amides is 1. The lowest BCUT2D eigenvalue weighted by Gasteiger charge is -2.20. The second-order valence-electron chi connectivity index (χ2n) is 6.67. The fourth-order valence-electron chi connectivity index (χ4n) is 3.10. The highest BCUT2D eigenvalue weighted by molar-refractivity contribution is 5.98. The topological polar surface area (TPSA) is 96.2 Å². The van der Waals surface area contributed by atoms with Gasteiger partial charge in [-0.15, -0.1) is 0 Å². The minimum Gasteiger partial charge on any atom is -0.461 e. The van der Waals surface area contributed by atoms with Crippen molar-refractivity contribution >= 4 is 11.6 Å². The van der Waals surface area contributed by atoms with E-state index in [2.05, 4.69) is 15.3 Å². The van der Waals surface area contributed by atoms with Crippen molar-refractivity contribution in [2.45, 2.75) is 32.0 Å². The molecule has 144 valence electrons. The fourth-order valence-corrected chi connectivity index (χ4v) is 3.10. The lowest BCUT2D eigenvalue weighted by Crippen LogP contribution is -2.47. The molecule has 1 unspecified atom stereocenters. The number of nitriles is 1. The zero-order valence-corrected chi connectivity index (χ0v) is 14.6. The van der Waals surface area contributed by atoms with Crippen LogP contribution in [0.25, 0.3) is 17.1 Å². The summed E-state index contributed by atoms with van der Waals surface area (Å²) in [5.74, 6) is -1.34. The zero-order valence-electron chi connectivity index (χ0n) is 14.6. The monoisotopic (exact) mass is 389 g/mol. The lowest BCUT2D eigenvalue weighted by molar-refractivity contribution is -0.158. The van der Waals surface area contributed by atoms with Gasteiger partial charge in [-0.3, -0.25) is 9.20 Å². The van der Waals surface area contributed by atoms with Gasteiger partial charge in [0.2, 0.25) is 0 Å². The van der Waals surface area contributed by atoms with Gasteiger partial charge in [-0.2, -0.15) is 18.4 Å². The molecule has 7 nitrogen and oxygen atoms in total. The van der Waals surface area contributed by atoms with E-state index in [0.29, 0.717) is 18.5 Å². The maximum atomic E-state index is 13.2. The maximum absolute atomic E-state index is 13.2. The predicted molar refractivity (Wildman–Crippen MR) is 90.2 cm³/mol. The molecule has 3 aromatic rings. The number of carbonyl (C=O) groups excluding carboxylic acids is 1. The van der Waals surface area contributed by atoms with Crippen LogP contribution in [0, 0.1) is 24.2 Å². The van der Waals surface area contributed by atoms with Gasteiger partial charge in [0.25, 0.3) is 5.91 Å². The van der Waals surface area contributed by atoms with Crippen LogP contribution in [-0.2, 0) is 0 Å². The zero-order chi connectivity index (χ0) is 20.1. The quantitative estimate of drug-likeness (QED) is 0.739. The van der Waals surface area contributed by atoms with E-state index in [1.807, 2.05) is 6.07 Å². The van der Waals surface area contributed by atoms with Crippen LogP contribution in [0.15, 0.2) is 29.1 Å². The van der Waals surface area contributed by atoms with Crippen molar-refractivity contribution in [3.05, 3.63) is 41.7 Å². The van der Waals surface area contributed by atoms with Crippen LogP contribution in [-0.4, -0.2) is 32.5 Å². The van der Waals surface area contributed by atoms with Crippen molar-refractivity contribution in [1.82, 2.24) is 19.7 Å². The number of hydrogen-bond donors (Lipinski definition) is 1. The molecule has 1 fully saturated rings. The van der Waals surface area contributed by atoms with Gasteiger partial charge in [-0.1, -0.05) is 0 Å². The van der Waals surface area contributed by atoms with Gasteiger partial charge >= 0.3 is 6.18 Å². The summed E-state index contributed by atoms with van der Waals surface area (Å²) in [6.07, 6.45) is -1.03. The largest absolute Gasteiger partial charge is 0.461 e. The molecule has 1 atom stereocenters. The number of nitrogens with one attached hydrogen (secondary N) is 1. The number of aryl methyl sites for hydroxylation is 1. The lowest BCUT2D eigenvalue weighted by atomic mass is 10.1. The first-order chi connectivity index (χ1) is 13.3. The minimum absolute atomic E-state index is 0.0875. The van der Waals surface area contributed by atoms with Crippen LogP contribution >= 0.6 is 0 Å². The number of carbonyl (C=O) groups is 1. The molecular weight excluding hydrogens is 375 g/mol. The summed E-state index contributed by atoms with van der Waals surface area (Å²) in [5.41, 5.74) is 1.04. The molecule has 1 aliphatic carbocycles. The third-order valence-electron chi connectivity index (χ3n) is 4.66. The van der Waals surface area contributed by atoms with Crippen molar-refractivity contribution < 1.29 is 22.4 Å². The van der Waals surface area contributed by atoms with E-state index in [9.17, 15) is 18.0 Å². The SMILES string of the molecule is Cc1cc(-c2occc2C#N)nc2c(C(=O)NC(C3CC3)C(F)(F)F)ncn12. The third kappa shape index (κ3) is 3.09. The summed E-state index contributed by atoms with van der Waals surface area (Å²) in [7, 11) is 0. The molecule has 0 aliphatic heterocycles. The Hall–Kier alpha value is -3.35. The second kappa shape index (κ2) is 6.37. The summed E-state index contributed by atoms with van der Waals surface area (Å²) < 4.78 is 46.5. The molecule has 10 heteroatoms. The molecule has 0 spiro atoms. The van der Waals surface area contributed by atoms with Crippen LogP contribution < -0.4 is 5.32 Å². The van der Waals surface area contributed by atoms with Gasteiger partial charge in [0.05, 0.1) is 11.8 Å². The molecule has 1 N–H and O–H groups in total.